The molecule has 1 heterocycles. The number of amides is 2. The first-order chi connectivity index (χ1) is 8.58. The molecule has 1 N–H and O–H groups in total. The zero-order valence-corrected chi connectivity index (χ0v) is 11.8. The summed E-state index contributed by atoms with van der Waals surface area (Å²) in [5.74, 6) is 0.547. The molecule has 0 spiro atoms. The molecule has 0 aromatic heterocycles. The van der Waals surface area contributed by atoms with E-state index in [1.165, 1.54) is 6.42 Å². The zero-order valence-electron chi connectivity index (χ0n) is 10.2. The largest absolute Gasteiger partial charge is 0.324 e. The first kappa shape index (κ1) is 13.5. The van der Waals surface area contributed by atoms with Crippen molar-refractivity contribution < 1.29 is 4.79 Å². The van der Waals surface area contributed by atoms with Gasteiger partial charge in [-0.2, -0.15) is 0 Å². The number of para-hydroxylation sites is 1. The van der Waals surface area contributed by atoms with Gasteiger partial charge in [0.25, 0.3) is 0 Å². The number of urea groups is 1. The van der Waals surface area contributed by atoms with Crippen molar-refractivity contribution >= 4 is 34.9 Å². The molecular weight excluding hydrogens is 271 g/mol. The molecule has 1 aliphatic rings. The number of anilines is 1. The number of nitrogens with zero attached hydrogens (tertiary/aromatic N) is 1. The highest BCUT2D eigenvalue weighted by atomic mass is 35.5. The third-order valence-corrected chi connectivity index (χ3v) is 3.77. The summed E-state index contributed by atoms with van der Waals surface area (Å²) in [6.07, 6.45) is 2.22. The highest BCUT2D eigenvalue weighted by Gasteiger charge is 2.21. The molecule has 0 unspecified atom stereocenters. The Labute approximate surface area is 117 Å². The fourth-order valence-electron chi connectivity index (χ4n) is 2.18. The van der Waals surface area contributed by atoms with Crippen molar-refractivity contribution in [1.82, 2.24) is 4.90 Å². The van der Waals surface area contributed by atoms with E-state index >= 15 is 0 Å². The topological polar surface area (TPSA) is 32.3 Å². The Morgan fingerprint density at radius 3 is 2.67 bits per heavy atom. The van der Waals surface area contributed by atoms with E-state index < -0.39 is 0 Å². The first-order valence-corrected chi connectivity index (χ1v) is 6.83. The van der Waals surface area contributed by atoms with Gasteiger partial charge < -0.3 is 10.2 Å². The third-order valence-electron chi connectivity index (χ3n) is 3.14. The van der Waals surface area contributed by atoms with Crippen molar-refractivity contribution in [1.29, 1.82) is 0 Å². The van der Waals surface area contributed by atoms with Crippen molar-refractivity contribution in [3.8, 4) is 0 Å². The first-order valence-electron chi connectivity index (χ1n) is 6.08. The van der Waals surface area contributed by atoms with Gasteiger partial charge in [-0.15, -0.1) is 0 Å². The van der Waals surface area contributed by atoms with Crippen molar-refractivity contribution in [2.75, 3.05) is 18.4 Å². The molecule has 1 saturated heterocycles. The smallest absolute Gasteiger partial charge is 0.321 e. The van der Waals surface area contributed by atoms with E-state index in [0.29, 0.717) is 21.7 Å². The number of hydrogen-bond acceptors (Lipinski definition) is 1. The van der Waals surface area contributed by atoms with Crippen molar-refractivity contribution in [3.05, 3.63) is 28.2 Å². The number of piperidine rings is 1. The highest BCUT2D eigenvalue weighted by Crippen LogP contribution is 2.30. The average molecular weight is 287 g/mol. The molecule has 3 nitrogen and oxygen atoms in total. The van der Waals surface area contributed by atoms with E-state index in [2.05, 4.69) is 12.2 Å². The quantitative estimate of drug-likeness (QED) is 0.822. The van der Waals surface area contributed by atoms with Crippen LogP contribution in [0, 0.1) is 5.92 Å². The van der Waals surface area contributed by atoms with Gasteiger partial charge in [-0.05, 0) is 30.9 Å². The fraction of sp³-hybridized carbons (Fsp3) is 0.462. The van der Waals surface area contributed by atoms with Crippen LogP contribution in [0.3, 0.4) is 0 Å². The highest BCUT2D eigenvalue weighted by molar-refractivity contribution is 6.39. The van der Waals surface area contributed by atoms with Crippen molar-refractivity contribution in [2.45, 2.75) is 19.8 Å². The Hall–Kier alpha value is -0.930. The minimum absolute atomic E-state index is 0.128. The maximum atomic E-state index is 12.1. The predicted octanol–water partition coefficient (Wildman–Crippen LogP) is 4.26. The second-order valence-corrected chi connectivity index (χ2v) is 5.53. The molecule has 1 atom stereocenters. The molecule has 0 radical (unpaired) electrons. The lowest BCUT2D eigenvalue weighted by atomic mass is 10.0. The van der Waals surface area contributed by atoms with Crippen LogP contribution in [0.1, 0.15) is 19.8 Å². The molecule has 1 aromatic rings. The van der Waals surface area contributed by atoms with Crippen LogP contribution in [0.5, 0.6) is 0 Å². The molecule has 98 valence electrons. The zero-order chi connectivity index (χ0) is 13.1. The van der Waals surface area contributed by atoms with E-state index in [1.807, 2.05) is 4.90 Å². The summed E-state index contributed by atoms with van der Waals surface area (Å²) in [4.78, 5) is 13.9. The second-order valence-electron chi connectivity index (χ2n) is 4.72. The number of benzene rings is 1. The minimum atomic E-state index is -0.128. The Morgan fingerprint density at radius 2 is 2.06 bits per heavy atom. The van der Waals surface area contributed by atoms with Gasteiger partial charge >= 0.3 is 6.03 Å². The van der Waals surface area contributed by atoms with Gasteiger partial charge in [-0.1, -0.05) is 36.2 Å². The summed E-state index contributed by atoms with van der Waals surface area (Å²) in [6.45, 7) is 3.73. The maximum Gasteiger partial charge on any atom is 0.321 e. The van der Waals surface area contributed by atoms with Crippen LogP contribution < -0.4 is 5.32 Å². The Kier molecular flexibility index (Phi) is 4.36. The number of nitrogens with one attached hydrogen (secondary N) is 1. The Bertz CT molecular complexity index is 430. The number of hydrogen-bond donors (Lipinski definition) is 1. The van der Waals surface area contributed by atoms with Gasteiger partial charge in [0.2, 0.25) is 0 Å². The Balaban J connectivity index is 2.07. The number of rotatable bonds is 1. The molecule has 1 aromatic carbocycles. The fourth-order valence-corrected chi connectivity index (χ4v) is 2.67. The van der Waals surface area contributed by atoms with Crippen molar-refractivity contribution in [2.24, 2.45) is 5.92 Å². The summed E-state index contributed by atoms with van der Waals surface area (Å²) in [7, 11) is 0. The third kappa shape index (κ3) is 3.09. The molecule has 0 saturated carbocycles. The van der Waals surface area contributed by atoms with Gasteiger partial charge in [0.15, 0.2) is 0 Å². The van der Waals surface area contributed by atoms with Gasteiger partial charge in [-0.25, -0.2) is 4.79 Å². The lowest BCUT2D eigenvalue weighted by Gasteiger charge is -2.31. The van der Waals surface area contributed by atoms with Crippen LogP contribution in [0.4, 0.5) is 10.5 Å². The lowest BCUT2D eigenvalue weighted by molar-refractivity contribution is 0.182. The van der Waals surface area contributed by atoms with Crippen LogP contribution in [0.2, 0.25) is 10.0 Å². The summed E-state index contributed by atoms with van der Waals surface area (Å²) in [5, 5.41) is 3.71. The number of likely N-dealkylation sites (tertiary alicyclic amines) is 1. The lowest BCUT2D eigenvalue weighted by Crippen LogP contribution is -2.41. The monoisotopic (exact) mass is 286 g/mol. The number of carbonyl (C=O) groups excluding carboxylic acids is 1. The summed E-state index contributed by atoms with van der Waals surface area (Å²) >= 11 is 12.0. The van der Waals surface area contributed by atoms with Crippen molar-refractivity contribution in [3.63, 3.8) is 0 Å². The standard InChI is InChI=1S/C13H16Cl2N2O/c1-9-4-3-7-17(8-9)13(18)16-12-10(14)5-2-6-11(12)15/h2,5-6,9H,3-4,7-8H2,1H3,(H,16,18)/t9-/m0/s1. The number of carbonyl (C=O) groups is 1. The van der Waals surface area contributed by atoms with E-state index in [9.17, 15) is 4.79 Å². The van der Waals surface area contributed by atoms with E-state index in [4.69, 9.17) is 23.2 Å². The maximum absolute atomic E-state index is 12.1. The van der Waals surface area contributed by atoms with Crippen LogP contribution in [-0.2, 0) is 0 Å². The number of halogens is 2. The van der Waals surface area contributed by atoms with Gasteiger partial charge in [0, 0.05) is 13.1 Å². The van der Waals surface area contributed by atoms with Crippen LogP contribution in [0.15, 0.2) is 18.2 Å². The predicted molar refractivity (Wildman–Crippen MR) is 75.5 cm³/mol. The minimum Gasteiger partial charge on any atom is -0.324 e. The SMILES string of the molecule is C[C@H]1CCCN(C(=O)Nc2c(Cl)cccc2Cl)C1. The van der Waals surface area contributed by atoms with Crippen LogP contribution in [0.25, 0.3) is 0 Å². The molecule has 18 heavy (non-hydrogen) atoms. The normalized spacial score (nSPS) is 19.7. The average Bonchev–Trinajstić information content (AvgIpc) is 2.34. The molecule has 2 amide bonds. The second kappa shape index (κ2) is 5.81. The summed E-state index contributed by atoms with van der Waals surface area (Å²) < 4.78 is 0. The van der Waals surface area contributed by atoms with Gasteiger partial charge in [0.1, 0.15) is 0 Å². The van der Waals surface area contributed by atoms with E-state index in [-0.39, 0.29) is 6.03 Å². The molecule has 0 bridgehead atoms. The molecular formula is C13H16Cl2N2O. The summed E-state index contributed by atoms with van der Waals surface area (Å²) in [6, 6.07) is 5.05. The van der Waals surface area contributed by atoms with Crippen LogP contribution >= 0.6 is 23.2 Å². The molecule has 5 heteroatoms. The molecule has 2 rings (SSSR count). The molecule has 1 aliphatic heterocycles. The molecule has 0 aliphatic carbocycles. The Morgan fingerprint density at radius 1 is 1.39 bits per heavy atom. The molecule has 1 fully saturated rings. The summed E-state index contributed by atoms with van der Waals surface area (Å²) in [5.41, 5.74) is 0.490. The van der Waals surface area contributed by atoms with E-state index in [1.54, 1.807) is 18.2 Å². The van der Waals surface area contributed by atoms with Gasteiger partial charge in [-0.3, -0.25) is 0 Å². The van der Waals surface area contributed by atoms with Crippen LogP contribution in [-0.4, -0.2) is 24.0 Å². The van der Waals surface area contributed by atoms with E-state index in [0.717, 1.165) is 19.5 Å². The van der Waals surface area contributed by atoms with Gasteiger partial charge in [0.05, 0.1) is 15.7 Å².